The van der Waals surface area contributed by atoms with Crippen molar-refractivity contribution in [1.29, 1.82) is 0 Å². The van der Waals surface area contributed by atoms with Crippen LogP contribution in [0.25, 0.3) is 0 Å². The van der Waals surface area contributed by atoms with Crippen LogP contribution < -0.4 is 10.6 Å². The average Bonchev–Trinajstić information content (AvgIpc) is 3.05. The summed E-state index contributed by atoms with van der Waals surface area (Å²) in [5.74, 6) is 0.853. The predicted molar refractivity (Wildman–Crippen MR) is 107 cm³/mol. The monoisotopic (exact) mass is 398 g/mol. The van der Waals surface area contributed by atoms with Crippen molar-refractivity contribution < 1.29 is 4.79 Å². The second kappa shape index (κ2) is 9.99. The molecule has 1 amide bonds. The van der Waals surface area contributed by atoms with E-state index in [1.54, 1.807) is 0 Å². The van der Waals surface area contributed by atoms with Gasteiger partial charge in [0.05, 0.1) is 11.8 Å². The van der Waals surface area contributed by atoms with Crippen molar-refractivity contribution in [2.24, 2.45) is 5.92 Å². The van der Waals surface area contributed by atoms with E-state index >= 15 is 0 Å². The summed E-state index contributed by atoms with van der Waals surface area (Å²) in [6, 6.07) is 7.56. The van der Waals surface area contributed by atoms with Gasteiger partial charge in [0.25, 0.3) is 0 Å². The number of anilines is 1. The van der Waals surface area contributed by atoms with Crippen molar-refractivity contribution in [3.8, 4) is 0 Å². The Morgan fingerprint density at radius 2 is 2.00 bits per heavy atom. The van der Waals surface area contributed by atoms with E-state index in [9.17, 15) is 4.79 Å². The molecule has 2 rings (SSSR count). The summed E-state index contributed by atoms with van der Waals surface area (Å²) in [4.78, 5) is 12.2. The summed E-state index contributed by atoms with van der Waals surface area (Å²) in [7, 11) is 0. The zero-order valence-corrected chi connectivity index (χ0v) is 17.0. The first-order chi connectivity index (χ1) is 12.0. The minimum atomic E-state index is -0.0151. The van der Waals surface area contributed by atoms with E-state index in [0.717, 1.165) is 28.0 Å². The number of carbonyl (C=O) groups is 1. The quantitative estimate of drug-likeness (QED) is 0.603. The number of amides is 1. The summed E-state index contributed by atoms with van der Waals surface area (Å²) in [5.41, 5.74) is 1.06. The molecular weight excluding hydrogens is 376 g/mol. The smallest absolute Gasteiger partial charge is 0.230 e. The van der Waals surface area contributed by atoms with Gasteiger partial charge in [0.1, 0.15) is 0 Å². The van der Waals surface area contributed by atoms with Crippen LogP contribution in [-0.4, -0.2) is 28.4 Å². The zero-order chi connectivity index (χ0) is 18.2. The van der Waals surface area contributed by atoms with Crippen molar-refractivity contribution in [3.63, 3.8) is 0 Å². The minimum absolute atomic E-state index is 0.0111. The lowest BCUT2D eigenvalue weighted by Gasteiger charge is -2.17. The van der Waals surface area contributed by atoms with E-state index in [0.29, 0.717) is 16.7 Å². The van der Waals surface area contributed by atoms with Gasteiger partial charge < -0.3 is 10.6 Å². The third kappa shape index (κ3) is 6.84. The number of hydrogen-bond acceptors (Lipinski definition) is 6. The Bertz CT molecular complexity index is 676. The number of halogens is 1. The Kier molecular flexibility index (Phi) is 7.99. The summed E-state index contributed by atoms with van der Waals surface area (Å²) in [6.07, 6.45) is 0.820. The molecular formula is C17H23ClN4OS2. The highest BCUT2D eigenvalue weighted by Crippen LogP contribution is 2.26. The molecule has 1 aromatic heterocycles. The van der Waals surface area contributed by atoms with Crippen molar-refractivity contribution in [2.45, 2.75) is 37.6 Å². The minimum Gasteiger partial charge on any atom is -0.360 e. The molecule has 5 nitrogen and oxygen atoms in total. The third-order valence-electron chi connectivity index (χ3n) is 3.41. The number of hydrogen-bond donors (Lipinski definition) is 2. The van der Waals surface area contributed by atoms with E-state index in [-0.39, 0.29) is 11.9 Å². The van der Waals surface area contributed by atoms with Crippen LogP contribution in [0.1, 0.15) is 38.8 Å². The van der Waals surface area contributed by atoms with Crippen molar-refractivity contribution in [2.75, 3.05) is 17.6 Å². The lowest BCUT2D eigenvalue weighted by atomic mass is 10.0. The Morgan fingerprint density at radius 3 is 2.64 bits per heavy atom. The highest BCUT2D eigenvalue weighted by Gasteiger charge is 2.14. The van der Waals surface area contributed by atoms with E-state index in [2.05, 4.69) is 34.7 Å². The molecule has 1 unspecified atom stereocenters. The first-order valence-electron chi connectivity index (χ1n) is 8.23. The average molecular weight is 399 g/mol. The molecule has 0 spiro atoms. The number of carbonyl (C=O) groups excluding carboxylic acids is 1. The summed E-state index contributed by atoms with van der Waals surface area (Å²) < 4.78 is 0.793. The van der Waals surface area contributed by atoms with Gasteiger partial charge in [-0.2, -0.15) is 0 Å². The van der Waals surface area contributed by atoms with Crippen LogP contribution in [0.5, 0.6) is 0 Å². The van der Waals surface area contributed by atoms with E-state index in [1.165, 1.54) is 23.1 Å². The van der Waals surface area contributed by atoms with Crippen LogP contribution >= 0.6 is 34.7 Å². The van der Waals surface area contributed by atoms with Crippen LogP contribution in [0, 0.1) is 5.92 Å². The lowest BCUT2D eigenvalue weighted by molar-refractivity contribution is -0.119. The third-order valence-corrected chi connectivity index (χ3v) is 5.68. The Balaban J connectivity index is 1.82. The van der Waals surface area contributed by atoms with Gasteiger partial charge in [-0.15, -0.1) is 10.2 Å². The molecule has 0 saturated carbocycles. The van der Waals surface area contributed by atoms with Gasteiger partial charge in [-0.25, -0.2) is 0 Å². The Labute approximate surface area is 162 Å². The van der Waals surface area contributed by atoms with Crippen LogP contribution in [0.4, 0.5) is 5.13 Å². The van der Waals surface area contributed by atoms with Crippen LogP contribution in [0.2, 0.25) is 5.02 Å². The van der Waals surface area contributed by atoms with Crippen molar-refractivity contribution >= 4 is 45.7 Å². The first-order valence-corrected chi connectivity index (χ1v) is 10.4. The number of aromatic nitrogens is 2. The SMILES string of the molecule is CCC(NC(=O)CSc1nnc(NCC(C)C)s1)c1ccc(Cl)cc1. The molecule has 136 valence electrons. The second-order valence-electron chi connectivity index (χ2n) is 6.02. The highest BCUT2D eigenvalue weighted by atomic mass is 35.5. The van der Waals surface area contributed by atoms with Crippen LogP contribution in [0.3, 0.4) is 0 Å². The van der Waals surface area contributed by atoms with E-state index < -0.39 is 0 Å². The normalized spacial score (nSPS) is 12.2. The fourth-order valence-corrected chi connectivity index (χ4v) is 3.81. The fraction of sp³-hybridized carbons (Fsp3) is 0.471. The molecule has 0 fully saturated rings. The largest absolute Gasteiger partial charge is 0.360 e. The van der Waals surface area contributed by atoms with Crippen LogP contribution in [-0.2, 0) is 4.79 Å². The predicted octanol–water partition coefficient (Wildman–Crippen LogP) is 4.62. The van der Waals surface area contributed by atoms with Gasteiger partial charge in [0.2, 0.25) is 11.0 Å². The summed E-state index contributed by atoms with van der Waals surface area (Å²) in [5, 5.41) is 16.0. The molecule has 2 aromatic rings. The summed E-state index contributed by atoms with van der Waals surface area (Å²) >= 11 is 8.80. The molecule has 1 atom stereocenters. The number of rotatable bonds is 9. The summed E-state index contributed by atoms with van der Waals surface area (Å²) in [6.45, 7) is 7.18. The molecule has 0 aliphatic heterocycles. The Hall–Kier alpha value is -1.31. The number of nitrogens with zero attached hydrogens (tertiary/aromatic N) is 2. The van der Waals surface area contributed by atoms with Gasteiger partial charge in [-0.1, -0.05) is 67.6 Å². The van der Waals surface area contributed by atoms with Gasteiger partial charge in [-0.3, -0.25) is 4.79 Å². The molecule has 0 radical (unpaired) electrons. The molecule has 0 bridgehead atoms. The molecule has 25 heavy (non-hydrogen) atoms. The van der Waals surface area contributed by atoms with E-state index in [4.69, 9.17) is 11.6 Å². The fourth-order valence-electron chi connectivity index (χ4n) is 2.11. The van der Waals surface area contributed by atoms with Gasteiger partial charge in [-0.05, 0) is 30.0 Å². The molecule has 0 aliphatic rings. The number of thioether (sulfide) groups is 1. The van der Waals surface area contributed by atoms with Crippen molar-refractivity contribution in [3.05, 3.63) is 34.9 Å². The topological polar surface area (TPSA) is 66.9 Å². The first kappa shape index (κ1) is 20.0. The maximum absolute atomic E-state index is 12.2. The van der Waals surface area contributed by atoms with Crippen LogP contribution in [0.15, 0.2) is 28.6 Å². The molecule has 2 N–H and O–H groups in total. The zero-order valence-electron chi connectivity index (χ0n) is 14.6. The maximum Gasteiger partial charge on any atom is 0.230 e. The lowest BCUT2D eigenvalue weighted by Crippen LogP contribution is -2.29. The van der Waals surface area contributed by atoms with Gasteiger partial charge >= 0.3 is 0 Å². The van der Waals surface area contributed by atoms with Gasteiger partial charge in [0.15, 0.2) is 4.34 Å². The van der Waals surface area contributed by atoms with E-state index in [1.807, 2.05) is 31.2 Å². The molecule has 0 saturated heterocycles. The molecule has 8 heteroatoms. The second-order valence-corrected chi connectivity index (χ2v) is 8.65. The Morgan fingerprint density at radius 1 is 1.28 bits per heavy atom. The number of nitrogens with one attached hydrogen (secondary N) is 2. The van der Waals surface area contributed by atoms with Gasteiger partial charge in [0, 0.05) is 11.6 Å². The molecule has 0 aliphatic carbocycles. The molecule has 1 heterocycles. The maximum atomic E-state index is 12.2. The molecule has 1 aromatic carbocycles. The number of benzene rings is 1. The van der Waals surface area contributed by atoms with Crippen molar-refractivity contribution in [1.82, 2.24) is 15.5 Å². The standard InChI is InChI=1S/C17H23ClN4OS2/c1-4-14(12-5-7-13(18)8-6-12)20-15(23)10-24-17-22-21-16(25-17)19-9-11(2)3/h5-8,11,14H,4,9-10H2,1-3H3,(H,19,21)(H,20,23). The highest BCUT2D eigenvalue weighted by molar-refractivity contribution is 8.01.